The van der Waals surface area contributed by atoms with Gasteiger partial charge in [0.25, 0.3) is 0 Å². The van der Waals surface area contributed by atoms with E-state index in [2.05, 4.69) is 29.3 Å². The fourth-order valence-electron chi connectivity index (χ4n) is 3.07. The van der Waals surface area contributed by atoms with Gasteiger partial charge < -0.3 is 15.1 Å². The van der Waals surface area contributed by atoms with Crippen molar-refractivity contribution in [3.8, 4) is 0 Å². The maximum atomic E-state index is 12.4. The van der Waals surface area contributed by atoms with Crippen LogP contribution in [0.3, 0.4) is 0 Å². The van der Waals surface area contributed by atoms with Crippen LogP contribution in [0.25, 0.3) is 0 Å². The minimum Gasteiger partial charge on any atom is -0.368 e. The minimum absolute atomic E-state index is 0.0165. The molecule has 0 unspecified atom stereocenters. The third kappa shape index (κ3) is 4.42. The number of carbonyl (C=O) groups is 2. The van der Waals surface area contributed by atoms with E-state index in [0.717, 1.165) is 29.9 Å². The summed E-state index contributed by atoms with van der Waals surface area (Å²) in [7, 11) is 0. The molecule has 0 atom stereocenters. The van der Waals surface area contributed by atoms with Gasteiger partial charge in [-0.15, -0.1) is 0 Å². The summed E-state index contributed by atoms with van der Waals surface area (Å²) in [5, 5.41) is 2.99. The topological polar surface area (TPSA) is 52.7 Å². The first-order chi connectivity index (χ1) is 12.5. The zero-order valence-corrected chi connectivity index (χ0v) is 15.4. The van der Waals surface area contributed by atoms with E-state index >= 15 is 0 Å². The Hall–Kier alpha value is -2.82. The van der Waals surface area contributed by atoms with Gasteiger partial charge in [-0.3, -0.25) is 4.79 Å². The Morgan fingerprint density at radius 2 is 1.54 bits per heavy atom. The highest BCUT2D eigenvalue weighted by molar-refractivity contribution is 5.94. The van der Waals surface area contributed by atoms with Crippen LogP contribution >= 0.6 is 0 Å². The first kappa shape index (κ1) is 18.0. The molecule has 0 bridgehead atoms. The van der Waals surface area contributed by atoms with Crippen molar-refractivity contribution in [3.63, 3.8) is 0 Å². The lowest BCUT2D eigenvalue weighted by atomic mass is 10.1. The predicted molar refractivity (Wildman–Crippen MR) is 104 cm³/mol. The molecular formula is C21H25N3O2. The molecular weight excluding hydrogens is 326 g/mol. The minimum atomic E-state index is -0.0165. The fourth-order valence-corrected chi connectivity index (χ4v) is 3.07. The van der Waals surface area contributed by atoms with Crippen molar-refractivity contribution in [3.05, 3.63) is 65.2 Å². The summed E-state index contributed by atoms with van der Waals surface area (Å²) < 4.78 is 0. The molecule has 1 saturated heterocycles. The molecule has 1 heterocycles. The standard InChI is InChI=1S/C21H25N3O2/c1-16-3-5-18(6-4-16)15-22-21(26)24-13-11-23(12-14-24)20-9-7-19(8-10-20)17(2)25/h3-10H,11-15H2,1-2H3,(H,22,26). The van der Waals surface area contributed by atoms with Crippen molar-refractivity contribution in [1.82, 2.24) is 10.2 Å². The van der Waals surface area contributed by atoms with Gasteiger partial charge in [-0.25, -0.2) is 4.79 Å². The second kappa shape index (κ2) is 8.04. The maximum absolute atomic E-state index is 12.4. The lowest BCUT2D eigenvalue weighted by Crippen LogP contribution is -2.51. The molecule has 3 rings (SSSR count). The number of urea groups is 1. The van der Waals surface area contributed by atoms with Gasteiger partial charge in [0.1, 0.15) is 0 Å². The number of hydrogen-bond donors (Lipinski definition) is 1. The largest absolute Gasteiger partial charge is 0.368 e. The number of benzene rings is 2. The third-order valence-corrected chi connectivity index (χ3v) is 4.77. The summed E-state index contributed by atoms with van der Waals surface area (Å²) in [6.07, 6.45) is 0. The molecule has 136 valence electrons. The Labute approximate surface area is 154 Å². The zero-order chi connectivity index (χ0) is 18.5. The highest BCUT2D eigenvalue weighted by Crippen LogP contribution is 2.17. The molecule has 1 N–H and O–H groups in total. The first-order valence-corrected chi connectivity index (χ1v) is 8.97. The van der Waals surface area contributed by atoms with Crippen LogP contribution in [0.2, 0.25) is 0 Å². The smallest absolute Gasteiger partial charge is 0.317 e. The van der Waals surface area contributed by atoms with Crippen LogP contribution < -0.4 is 10.2 Å². The van der Waals surface area contributed by atoms with E-state index in [0.29, 0.717) is 19.6 Å². The van der Waals surface area contributed by atoms with Gasteiger partial charge in [-0.1, -0.05) is 29.8 Å². The highest BCUT2D eigenvalue weighted by atomic mass is 16.2. The van der Waals surface area contributed by atoms with E-state index in [1.54, 1.807) is 6.92 Å². The highest BCUT2D eigenvalue weighted by Gasteiger charge is 2.21. The molecule has 2 aromatic rings. The number of nitrogens with zero attached hydrogens (tertiary/aromatic N) is 2. The van der Waals surface area contributed by atoms with Crippen LogP contribution in [0.5, 0.6) is 0 Å². The molecule has 5 heteroatoms. The van der Waals surface area contributed by atoms with Gasteiger partial charge >= 0.3 is 6.03 Å². The van der Waals surface area contributed by atoms with Gasteiger partial charge in [0.15, 0.2) is 5.78 Å². The molecule has 1 aliphatic rings. The van der Waals surface area contributed by atoms with Gasteiger partial charge in [0.05, 0.1) is 0 Å². The maximum Gasteiger partial charge on any atom is 0.317 e. The molecule has 0 saturated carbocycles. The van der Waals surface area contributed by atoms with Crippen molar-refractivity contribution >= 4 is 17.5 Å². The molecule has 26 heavy (non-hydrogen) atoms. The van der Waals surface area contributed by atoms with Crippen LogP contribution in [0, 0.1) is 6.92 Å². The third-order valence-electron chi connectivity index (χ3n) is 4.77. The van der Waals surface area contributed by atoms with E-state index in [4.69, 9.17) is 0 Å². The number of Topliss-reactive ketones (excluding diaryl/α,β-unsaturated/α-hetero) is 1. The molecule has 2 aromatic carbocycles. The van der Waals surface area contributed by atoms with Crippen LogP contribution in [0.4, 0.5) is 10.5 Å². The zero-order valence-electron chi connectivity index (χ0n) is 15.4. The van der Waals surface area contributed by atoms with Crippen molar-refractivity contribution in [2.45, 2.75) is 20.4 Å². The molecule has 0 radical (unpaired) electrons. The summed E-state index contributed by atoms with van der Waals surface area (Å²) in [5.41, 5.74) is 4.14. The van der Waals surface area contributed by atoms with E-state index < -0.39 is 0 Å². The summed E-state index contributed by atoms with van der Waals surface area (Å²) in [4.78, 5) is 27.8. The SMILES string of the molecule is CC(=O)c1ccc(N2CCN(C(=O)NCc3ccc(C)cc3)CC2)cc1. The molecule has 1 aliphatic heterocycles. The van der Waals surface area contributed by atoms with Gasteiger partial charge in [0.2, 0.25) is 0 Å². The number of amides is 2. The molecule has 0 aliphatic carbocycles. The summed E-state index contributed by atoms with van der Waals surface area (Å²) in [6, 6.07) is 15.8. The Kier molecular flexibility index (Phi) is 5.56. The van der Waals surface area contributed by atoms with Gasteiger partial charge in [-0.2, -0.15) is 0 Å². The normalized spacial score (nSPS) is 14.2. The second-order valence-corrected chi connectivity index (χ2v) is 6.72. The predicted octanol–water partition coefficient (Wildman–Crippen LogP) is 3.23. The van der Waals surface area contributed by atoms with Crippen LogP contribution in [-0.4, -0.2) is 42.9 Å². The molecule has 2 amide bonds. The van der Waals surface area contributed by atoms with E-state index in [9.17, 15) is 9.59 Å². The number of carbonyl (C=O) groups excluding carboxylic acids is 2. The molecule has 0 aromatic heterocycles. The average Bonchev–Trinajstić information content (AvgIpc) is 2.67. The fraction of sp³-hybridized carbons (Fsp3) is 0.333. The number of aryl methyl sites for hydroxylation is 1. The number of rotatable bonds is 4. The van der Waals surface area contributed by atoms with E-state index in [1.807, 2.05) is 41.3 Å². The molecule has 1 fully saturated rings. The van der Waals surface area contributed by atoms with Crippen molar-refractivity contribution < 1.29 is 9.59 Å². The van der Waals surface area contributed by atoms with E-state index in [-0.39, 0.29) is 11.8 Å². The lowest BCUT2D eigenvalue weighted by molar-refractivity contribution is 0.101. The Balaban J connectivity index is 1.48. The summed E-state index contributed by atoms with van der Waals surface area (Å²) in [6.45, 7) is 7.13. The summed E-state index contributed by atoms with van der Waals surface area (Å²) in [5.74, 6) is 0.0756. The van der Waals surface area contributed by atoms with E-state index in [1.165, 1.54) is 5.56 Å². The number of piperazine rings is 1. The van der Waals surface area contributed by atoms with Crippen LogP contribution in [0.1, 0.15) is 28.4 Å². The second-order valence-electron chi connectivity index (χ2n) is 6.72. The van der Waals surface area contributed by atoms with Crippen LogP contribution in [-0.2, 0) is 6.54 Å². The van der Waals surface area contributed by atoms with Gasteiger partial charge in [-0.05, 0) is 43.7 Å². The quantitative estimate of drug-likeness (QED) is 0.861. The molecule has 5 nitrogen and oxygen atoms in total. The number of ketones is 1. The Morgan fingerprint density at radius 1 is 0.923 bits per heavy atom. The number of anilines is 1. The average molecular weight is 351 g/mol. The monoisotopic (exact) mass is 351 g/mol. The van der Waals surface area contributed by atoms with Gasteiger partial charge in [0, 0.05) is 44.0 Å². The number of hydrogen-bond acceptors (Lipinski definition) is 3. The van der Waals surface area contributed by atoms with Crippen LogP contribution in [0.15, 0.2) is 48.5 Å². The Morgan fingerprint density at radius 3 is 2.12 bits per heavy atom. The Bertz CT molecular complexity index is 761. The summed E-state index contributed by atoms with van der Waals surface area (Å²) >= 11 is 0. The van der Waals surface area contributed by atoms with Crippen molar-refractivity contribution in [1.29, 1.82) is 0 Å². The number of nitrogens with one attached hydrogen (secondary N) is 1. The molecule has 0 spiro atoms. The van der Waals surface area contributed by atoms with Crippen molar-refractivity contribution in [2.75, 3.05) is 31.1 Å². The van der Waals surface area contributed by atoms with Crippen molar-refractivity contribution in [2.24, 2.45) is 0 Å². The first-order valence-electron chi connectivity index (χ1n) is 8.97. The lowest BCUT2D eigenvalue weighted by Gasteiger charge is -2.36.